The average molecular weight is 190 g/mol. The lowest BCUT2D eigenvalue weighted by atomic mass is 10.2. The second-order valence-corrected chi connectivity index (χ2v) is 3.20. The van der Waals surface area contributed by atoms with E-state index in [1.165, 1.54) is 16.8 Å². The van der Waals surface area contributed by atoms with E-state index in [4.69, 9.17) is 0 Å². The summed E-state index contributed by atoms with van der Waals surface area (Å²) in [6.45, 7) is 0.572. The molecular weight excluding hydrogens is 180 g/mol. The van der Waals surface area contributed by atoms with Gasteiger partial charge in [0.1, 0.15) is 0 Å². The topological polar surface area (TPSA) is 54.9 Å². The van der Waals surface area contributed by atoms with E-state index >= 15 is 0 Å². The Hall–Kier alpha value is -1.84. The van der Waals surface area contributed by atoms with E-state index in [-0.39, 0.29) is 17.2 Å². The van der Waals surface area contributed by atoms with Crippen LogP contribution in [0.3, 0.4) is 0 Å². The molecule has 4 nitrogen and oxygen atoms in total. The number of aromatic amines is 1. The van der Waals surface area contributed by atoms with Crippen LogP contribution in [-0.2, 0) is 6.54 Å². The Morgan fingerprint density at radius 2 is 2.00 bits per heavy atom. The predicted molar refractivity (Wildman–Crippen MR) is 53.1 cm³/mol. The molecule has 0 fully saturated rings. The number of aromatic nitrogens is 2. The van der Waals surface area contributed by atoms with E-state index in [1.807, 2.05) is 24.3 Å². The monoisotopic (exact) mass is 190 g/mol. The summed E-state index contributed by atoms with van der Waals surface area (Å²) in [6.07, 6.45) is 9.43. The van der Waals surface area contributed by atoms with Crippen LogP contribution in [0.4, 0.5) is 0 Å². The SMILES string of the molecule is O=c1ccn(CC2C=CC=C2)c(=O)[nH]1. The Bertz CT molecular complexity index is 481. The molecule has 1 aromatic heterocycles. The summed E-state index contributed by atoms with van der Waals surface area (Å²) in [5, 5.41) is 0. The van der Waals surface area contributed by atoms with Gasteiger partial charge in [-0.1, -0.05) is 24.3 Å². The van der Waals surface area contributed by atoms with Crippen molar-refractivity contribution in [1.29, 1.82) is 0 Å². The third-order valence-corrected chi connectivity index (χ3v) is 2.13. The lowest BCUT2D eigenvalue weighted by molar-refractivity contribution is 0.583. The highest BCUT2D eigenvalue weighted by molar-refractivity contribution is 5.17. The maximum atomic E-state index is 11.3. The fraction of sp³-hybridized carbons (Fsp3) is 0.200. The molecule has 0 aliphatic heterocycles. The number of nitrogens with zero attached hydrogens (tertiary/aromatic N) is 1. The lowest BCUT2D eigenvalue weighted by Crippen LogP contribution is -2.29. The average Bonchev–Trinajstić information content (AvgIpc) is 2.62. The fourth-order valence-electron chi connectivity index (χ4n) is 1.41. The Morgan fingerprint density at radius 3 is 2.64 bits per heavy atom. The van der Waals surface area contributed by atoms with Crippen LogP contribution in [0.5, 0.6) is 0 Å². The van der Waals surface area contributed by atoms with E-state index in [2.05, 4.69) is 4.98 Å². The van der Waals surface area contributed by atoms with Gasteiger partial charge >= 0.3 is 5.69 Å². The van der Waals surface area contributed by atoms with Crippen LogP contribution < -0.4 is 11.2 Å². The van der Waals surface area contributed by atoms with E-state index in [1.54, 1.807) is 0 Å². The highest BCUT2D eigenvalue weighted by atomic mass is 16.2. The molecule has 0 radical (unpaired) electrons. The van der Waals surface area contributed by atoms with Gasteiger partial charge in [0.25, 0.3) is 5.56 Å². The normalized spacial score (nSPS) is 15.1. The van der Waals surface area contributed by atoms with Gasteiger partial charge in [-0.25, -0.2) is 4.79 Å². The fourth-order valence-corrected chi connectivity index (χ4v) is 1.41. The van der Waals surface area contributed by atoms with Gasteiger partial charge in [-0.2, -0.15) is 0 Å². The minimum Gasteiger partial charge on any atom is -0.300 e. The third kappa shape index (κ3) is 1.74. The first-order valence-corrected chi connectivity index (χ1v) is 4.40. The summed E-state index contributed by atoms with van der Waals surface area (Å²) < 4.78 is 1.49. The van der Waals surface area contributed by atoms with Crippen molar-refractivity contribution in [3.05, 3.63) is 57.4 Å². The van der Waals surface area contributed by atoms with Crippen LogP contribution in [0.1, 0.15) is 0 Å². The number of nitrogens with one attached hydrogen (secondary N) is 1. The summed E-state index contributed by atoms with van der Waals surface area (Å²) in [5.74, 6) is 0.249. The first-order chi connectivity index (χ1) is 6.75. The van der Waals surface area contributed by atoms with Gasteiger partial charge < -0.3 is 0 Å². The van der Waals surface area contributed by atoms with E-state index in [0.717, 1.165) is 0 Å². The highest BCUT2D eigenvalue weighted by Crippen LogP contribution is 2.09. The molecule has 0 saturated carbocycles. The molecule has 0 aromatic carbocycles. The van der Waals surface area contributed by atoms with Crippen LogP contribution in [0.15, 0.2) is 46.2 Å². The van der Waals surface area contributed by atoms with Gasteiger partial charge in [-0.3, -0.25) is 14.3 Å². The standard InChI is InChI=1S/C10H10N2O2/c13-9-5-6-12(10(14)11-9)7-8-3-1-2-4-8/h1-6,8H,7H2,(H,11,13,14). The molecule has 0 saturated heterocycles. The molecule has 0 bridgehead atoms. The third-order valence-electron chi connectivity index (χ3n) is 2.13. The Labute approximate surface area is 80.2 Å². The molecule has 2 rings (SSSR count). The molecule has 0 atom stereocenters. The predicted octanol–water partition coefficient (Wildman–Crippen LogP) is 0.279. The molecule has 72 valence electrons. The first kappa shape index (κ1) is 8.74. The zero-order valence-corrected chi connectivity index (χ0v) is 7.51. The summed E-state index contributed by atoms with van der Waals surface area (Å²) in [7, 11) is 0. The van der Waals surface area contributed by atoms with Crippen molar-refractivity contribution >= 4 is 0 Å². The van der Waals surface area contributed by atoms with E-state index in [0.29, 0.717) is 6.54 Å². The maximum absolute atomic E-state index is 11.3. The van der Waals surface area contributed by atoms with Crippen molar-refractivity contribution in [2.75, 3.05) is 0 Å². The van der Waals surface area contributed by atoms with Crippen molar-refractivity contribution in [2.45, 2.75) is 6.54 Å². The largest absolute Gasteiger partial charge is 0.328 e. The number of rotatable bonds is 2. The van der Waals surface area contributed by atoms with Crippen LogP contribution in [0.2, 0.25) is 0 Å². The van der Waals surface area contributed by atoms with Crippen molar-refractivity contribution in [1.82, 2.24) is 9.55 Å². The molecule has 0 amide bonds. The minimum absolute atomic E-state index is 0.249. The zero-order chi connectivity index (χ0) is 9.97. The van der Waals surface area contributed by atoms with Crippen molar-refractivity contribution in [3.63, 3.8) is 0 Å². The molecule has 0 spiro atoms. The first-order valence-electron chi connectivity index (χ1n) is 4.40. The number of allylic oxidation sites excluding steroid dienone is 4. The van der Waals surface area contributed by atoms with Gasteiger partial charge in [-0.05, 0) is 0 Å². The van der Waals surface area contributed by atoms with Gasteiger partial charge in [0, 0.05) is 24.7 Å². The second kappa shape index (κ2) is 3.49. The summed E-state index contributed by atoms with van der Waals surface area (Å²) >= 11 is 0. The lowest BCUT2D eigenvalue weighted by Gasteiger charge is -2.07. The summed E-state index contributed by atoms with van der Waals surface area (Å²) in [6, 6.07) is 1.35. The number of H-pyrrole nitrogens is 1. The maximum Gasteiger partial charge on any atom is 0.328 e. The van der Waals surface area contributed by atoms with Gasteiger partial charge in [0.05, 0.1) is 0 Å². The Kier molecular flexibility index (Phi) is 2.18. The van der Waals surface area contributed by atoms with Gasteiger partial charge in [0.2, 0.25) is 0 Å². The Balaban J connectivity index is 2.25. The van der Waals surface area contributed by atoms with Crippen LogP contribution in [0.25, 0.3) is 0 Å². The number of hydrogen-bond donors (Lipinski definition) is 1. The summed E-state index contributed by atoms with van der Waals surface area (Å²) in [5.41, 5.74) is -0.713. The second-order valence-electron chi connectivity index (χ2n) is 3.20. The Morgan fingerprint density at radius 1 is 1.29 bits per heavy atom. The van der Waals surface area contributed by atoms with Crippen molar-refractivity contribution < 1.29 is 0 Å². The molecule has 14 heavy (non-hydrogen) atoms. The van der Waals surface area contributed by atoms with Gasteiger partial charge in [-0.15, -0.1) is 0 Å². The van der Waals surface area contributed by atoms with Crippen molar-refractivity contribution in [3.8, 4) is 0 Å². The molecule has 4 heteroatoms. The minimum atomic E-state index is -0.358. The molecule has 1 heterocycles. The molecule has 1 N–H and O–H groups in total. The quantitative estimate of drug-likeness (QED) is 0.728. The molecule has 0 unspecified atom stereocenters. The van der Waals surface area contributed by atoms with E-state index in [9.17, 15) is 9.59 Å². The van der Waals surface area contributed by atoms with E-state index < -0.39 is 0 Å². The smallest absolute Gasteiger partial charge is 0.300 e. The summed E-state index contributed by atoms with van der Waals surface area (Å²) in [4.78, 5) is 24.3. The molecule has 1 aromatic rings. The molecule has 1 aliphatic rings. The van der Waals surface area contributed by atoms with Crippen LogP contribution in [0, 0.1) is 5.92 Å². The number of hydrogen-bond acceptors (Lipinski definition) is 2. The molecule has 1 aliphatic carbocycles. The van der Waals surface area contributed by atoms with Gasteiger partial charge in [0.15, 0.2) is 0 Å². The van der Waals surface area contributed by atoms with Crippen LogP contribution >= 0.6 is 0 Å². The zero-order valence-electron chi connectivity index (χ0n) is 7.51. The molecular formula is C10H10N2O2. The van der Waals surface area contributed by atoms with Crippen molar-refractivity contribution in [2.24, 2.45) is 5.92 Å². The van der Waals surface area contributed by atoms with Crippen LogP contribution in [-0.4, -0.2) is 9.55 Å². The highest BCUT2D eigenvalue weighted by Gasteiger charge is 2.05.